The molecule has 0 unspecified atom stereocenters. The summed E-state index contributed by atoms with van der Waals surface area (Å²) < 4.78 is 7.30. The van der Waals surface area contributed by atoms with Gasteiger partial charge in [0.15, 0.2) is 0 Å². The number of aromatic nitrogens is 3. The standard InChI is InChI=1S/C23H22N4O2S/c1-15(2)29-19-11-9-18(10-12-19)22(28)25-21-13-16(3)26-27(21)23-24-20(14-30-23)17-7-5-4-6-8-17/h4-15H,1-3H3,(H,25,28). The van der Waals surface area contributed by atoms with Crippen molar-refractivity contribution in [3.63, 3.8) is 0 Å². The van der Waals surface area contributed by atoms with E-state index < -0.39 is 0 Å². The first-order valence-electron chi connectivity index (χ1n) is 9.65. The third-order valence-corrected chi connectivity index (χ3v) is 5.12. The van der Waals surface area contributed by atoms with Crippen molar-refractivity contribution < 1.29 is 9.53 Å². The molecule has 0 saturated heterocycles. The lowest BCUT2D eigenvalue weighted by molar-refractivity contribution is 0.102. The summed E-state index contributed by atoms with van der Waals surface area (Å²) in [5.41, 5.74) is 3.25. The van der Waals surface area contributed by atoms with Gasteiger partial charge in [-0.05, 0) is 45.0 Å². The molecule has 1 N–H and O–H groups in total. The molecule has 0 spiro atoms. The van der Waals surface area contributed by atoms with Crippen molar-refractivity contribution in [3.8, 4) is 22.1 Å². The number of rotatable bonds is 6. The fraction of sp³-hybridized carbons (Fsp3) is 0.174. The van der Waals surface area contributed by atoms with Gasteiger partial charge in [-0.3, -0.25) is 4.79 Å². The van der Waals surface area contributed by atoms with Gasteiger partial charge in [0, 0.05) is 22.6 Å². The van der Waals surface area contributed by atoms with Crippen LogP contribution in [0.3, 0.4) is 0 Å². The van der Waals surface area contributed by atoms with Crippen LogP contribution in [0.15, 0.2) is 66.0 Å². The predicted octanol–water partition coefficient (Wildman–Crippen LogP) is 5.34. The molecule has 0 aliphatic heterocycles. The monoisotopic (exact) mass is 418 g/mol. The molecule has 0 saturated carbocycles. The lowest BCUT2D eigenvalue weighted by Gasteiger charge is -2.10. The Morgan fingerprint density at radius 1 is 1.10 bits per heavy atom. The van der Waals surface area contributed by atoms with Gasteiger partial charge in [-0.25, -0.2) is 4.98 Å². The Bertz CT molecular complexity index is 1150. The molecule has 0 fully saturated rings. The fourth-order valence-electron chi connectivity index (χ4n) is 2.98. The molecule has 0 atom stereocenters. The second-order valence-corrected chi connectivity index (χ2v) is 7.95. The summed E-state index contributed by atoms with van der Waals surface area (Å²) in [5, 5.41) is 10.1. The van der Waals surface area contributed by atoms with Gasteiger partial charge in [0.2, 0.25) is 5.13 Å². The molecule has 152 valence electrons. The maximum absolute atomic E-state index is 12.8. The number of aryl methyl sites for hydroxylation is 1. The smallest absolute Gasteiger partial charge is 0.256 e. The maximum Gasteiger partial charge on any atom is 0.256 e. The molecule has 2 heterocycles. The second-order valence-electron chi connectivity index (χ2n) is 7.11. The zero-order chi connectivity index (χ0) is 21.1. The maximum atomic E-state index is 12.8. The zero-order valence-corrected chi connectivity index (χ0v) is 17.8. The van der Waals surface area contributed by atoms with E-state index in [4.69, 9.17) is 9.72 Å². The lowest BCUT2D eigenvalue weighted by atomic mass is 10.2. The van der Waals surface area contributed by atoms with Crippen LogP contribution >= 0.6 is 11.3 Å². The molecule has 2 aromatic heterocycles. The Kier molecular flexibility index (Phi) is 5.63. The number of anilines is 1. The number of hydrogen-bond donors (Lipinski definition) is 1. The first-order valence-corrected chi connectivity index (χ1v) is 10.5. The molecular weight excluding hydrogens is 396 g/mol. The van der Waals surface area contributed by atoms with Gasteiger partial charge in [0.05, 0.1) is 17.5 Å². The Morgan fingerprint density at radius 3 is 2.53 bits per heavy atom. The number of hydrogen-bond acceptors (Lipinski definition) is 5. The van der Waals surface area contributed by atoms with E-state index in [0.717, 1.165) is 22.7 Å². The van der Waals surface area contributed by atoms with Crippen LogP contribution < -0.4 is 10.1 Å². The van der Waals surface area contributed by atoms with Gasteiger partial charge in [-0.2, -0.15) is 9.78 Å². The number of amides is 1. The van der Waals surface area contributed by atoms with Crippen LogP contribution in [0.4, 0.5) is 5.82 Å². The molecule has 4 rings (SSSR count). The van der Waals surface area contributed by atoms with E-state index >= 15 is 0 Å². The number of benzene rings is 2. The summed E-state index contributed by atoms with van der Waals surface area (Å²) in [6, 6.07) is 18.9. The summed E-state index contributed by atoms with van der Waals surface area (Å²) in [4.78, 5) is 17.5. The largest absolute Gasteiger partial charge is 0.491 e. The predicted molar refractivity (Wildman–Crippen MR) is 120 cm³/mol. The van der Waals surface area contributed by atoms with Crippen LogP contribution in [-0.4, -0.2) is 26.8 Å². The van der Waals surface area contributed by atoms with Crippen molar-refractivity contribution in [1.82, 2.24) is 14.8 Å². The normalized spacial score (nSPS) is 10.9. The highest BCUT2D eigenvalue weighted by Crippen LogP contribution is 2.26. The molecule has 30 heavy (non-hydrogen) atoms. The first kappa shape index (κ1) is 19.8. The number of nitrogens with zero attached hydrogens (tertiary/aromatic N) is 3. The van der Waals surface area contributed by atoms with E-state index in [1.54, 1.807) is 28.9 Å². The number of carbonyl (C=O) groups is 1. The van der Waals surface area contributed by atoms with E-state index in [-0.39, 0.29) is 12.0 Å². The highest BCUT2D eigenvalue weighted by Gasteiger charge is 2.15. The molecule has 1 amide bonds. The van der Waals surface area contributed by atoms with Crippen molar-refractivity contribution >= 4 is 23.1 Å². The van der Waals surface area contributed by atoms with Crippen LogP contribution in [0, 0.1) is 6.92 Å². The van der Waals surface area contributed by atoms with Gasteiger partial charge in [-0.1, -0.05) is 30.3 Å². The van der Waals surface area contributed by atoms with Crippen molar-refractivity contribution in [2.75, 3.05) is 5.32 Å². The average molecular weight is 419 g/mol. The van der Waals surface area contributed by atoms with Gasteiger partial charge >= 0.3 is 0 Å². The first-order chi connectivity index (χ1) is 14.5. The number of ether oxygens (including phenoxy) is 1. The van der Waals surface area contributed by atoms with Gasteiger partial charge in [0.25, 0.3) is 5.91 Å². The third-order valence-electron chi connectivity index (χ3n) is 4.30. The minimum Gasteiger partial charge on any atom is -0.491 e. The van der Waals surface area contributed by atoms with Crippen LogP contribution in [0.5, 0.6) is 5.75 Å². The molecular formula is C23H22N4O2S. The quantitative estimate of drug-likeness (QED) is 0.459. The minimum atomic E-state index is -0.216. The average Bonchev–Trinajstić information content (AvgIpc) is 3.35. The lowest BCUT2D eigenvalue weighted by Crippen LogP contribution is -2.15. The summed E-state index contributed by atoms with van der Waals surface area (Å²) >= 11 is 1.48. The minimum absolute atomic E-state index is 0.0843. The topological polar surface area (TPSA) is 69.0 Å². The fourth-order valence-corrected chi connectivity index (χ4v) is 3.78. The molecule has 2 aromatic carbocycles. The highest BCUT2D eigenvalue weighted by molar-refractivity contribution is 7.12. The van der Waals surface area contributed by atoms with Crippen molar-refractivity contribution in [2.45, 2.75) is 26.9 Å². The summed E-state index contributed by atoms with van der Waals surface area (Å²) in [7, 11) is 0. The van der Waals surface area contributed by atoms with Gasteiger partial charge in [-0.15, -0.1) is 11.3 Å². The number of nitrogens with one attached hydrogen (secondary N) is 1. The summed E-state index contributed by atoms with van der Waals surface area (Å²) in [6.07, 6.45) is 0.0843. The zero-order valence-electron chi connectivity index (χ0n) is 17.0. The molecule has 7 heteroatoms. The Labute approximate surface area is 179 Å². The van der Waals surface area contributed by atoms with E-state index in [2.05, 4.69) is 10.4 Å². The Balaban J connectivity index is 1.55. The highest BCUT2D eigenvalue weighted by atomic mass is 32.1. The SMILES string of the molecule is Cc1cc(NC(=O)c2ccc(OC(C)C)cc2)n(-c2nc(-c3ccccc3)cs2)n1. The summed E-state index contributed by atoms with van der Waals surface area (Å²) in [6.45, 7) is 5.81. The third kappa shape index (κ3) is 4.41. The molecule has 4 aromatic rings. The van der Waals surface area contributed by atoms with E-state index in [0.29, 0.717) is 16.5 Å². The molecule has 0 bridgehead atoms. The van der Waals surface area contributed by atoms with Crippen molar-refractivity contribution in [2.24, 2.45) is 0 Å². The Morgan fingerprint density at radius 2 is 1.83 bits per heavy atom. The molecule has 6 nitrogen and oxygen atoms in total. The number of thiazole rings is 1. The molecule has 0 aliphatic rings. The molecule has 0 radical (unpaired) electrons. The Hall–Kier alpha value is -3.45. The second kappa shape index (κ2) is 8.51. The summed E-state index contributed by atoms with van der Waals surface area (Å²) in [5.74, 6) is 1.10. The van der Waals surface area contributed by atoms with Gasteiger partial charge < -0.3 is 10.1 Å². The van der Waals surface area contributed by atoms with E-state index in [1.165, 1.54) is 11.3 Å². The van der Waals surface area contributed by atoms with Crippen LogP contribution in [0.2, 0.25) is 0 Å². The van der Waals surface area contributed by atoms with E-state index in [9.17, 15) is 4.79 Å². The van der Waals surface area contributed by atoms with Crippen LogP contribution in [0.1, 0.15) is 29.9 Å². The van der Waals surface area contributed by atoms with Crippen molar-refractivity contribution in [1.29, 1.82) is 0 Å². The van der Waals surface area contributed by atoms with Crippen LogP contribution in [0.25, 0.3) is 16.4 Å². The van der Waals surface area contributed by atoms with E-state index in [1.807, 2.05) is 62.5 Å². The molecule has 0 aliphatic carbocycles. The van der Waals surface area contributed by atoms with Crippen molar-refractivity contribution in [3.05, 3.63) is 77.3 Å². The van der Waals surface area contributed by atoms with Gasteiger partial charge in [0.1, 0.15) is 11.6 Å². The van der Waals surface area contributed by atoms with Crippen LogP contribution in [-0.2, 0) is 0 Å². The number of carbonyl (C=O) groups excluding carboxylic acids is 1.